The van der Waals surface area contributed by atoms with Crippen LogP contribution >= 0.6 is 11.3 Å². The molecule has 19 heavy (non-hydrogen) atoms. The van der Waals surface area contributed by atoms with E-state index in [2.05, 4.69) is 23.3 Å². The predicted octanol–water partition coefficient (Wildman–Crippen LogP) is 3.57. The molecule has 3 heteroatoms. The number of aryl methyl sites for hydroxylation is 1. The number of hydrogen-bond donors (Lipinski definition) is 1. The van der Waals surface area contributed by atoms with Crippen molar-refractivity contribution < 1.29 is 0 Å². The quantitative estimate of drug-likeness (QED) is 0.916. The molecule has 1 saturated carbocycles. The van der Waals surface area contributed by atoms with Gasteiger partial charge in [-0.1, -0.05) is 19.3 Å². The third-order valence-electron chi connectivity index (χ3n) is 5.19. The van der Waals surface area contributed by atoms with Crippen LogP contribution in [0.3, 0.4) is 0 Å². The van der Waals surface area contributed by atoms with Crippen molar-refractivity contribution in [2.24, 2.45) is 17.6 Å². The number of hydrogen-bond acceptors (Lipinski definition) is 3. The Bertz CT molecular complexity index is 415. The van der Waals surface area contributed by atoms with Gasteiger partial charge in [-0.15, -0.1) is 11.3 Å². The molecule has 2 nitrogen and oxygen atoms in total. The van der Waals surface area contributed by atoms with Crippen LogP contribution in [0.5, 0.6) is 0 Å². The Kier molecular flexibility index (Phi) is 4.25. The Morgan fingerprint density at radius 1 is 1.32 bits per heavy atom. The van der Waals surface area contributed by atoms with E-state index in [1.807, 2.05) is 11.3 Å². The minimum absolute atomic E-state index is 0.461. The molecule has 2 N–H and O–H groups in total. The Morgan fingerprint density at radius 3 is 2.79 bits per heavy atom. The topological polar surface area (TPSA) is 29.3 Å². The Hall–Kier alpha value is -0.380. The van der Waals surface area contributed by atoms with E-state index in [-0.39, 0.29) is 0 Å². The molecule has 0 bridgehead atoms. The van der Waals surface area contributed by atoms with Crippen molar-refractivity contribution in [1.82, 2.24) is 4.90 Å². The van der Waals surface area contributed by atoms with Gasteiger partial charge in [-0.2, -0.15) is 0 Å². The summed E-state index contributed by atoms with van der Waals surface area (Å²) in [6.07, 6.45) is 7.23. The highest BCUT2D eigenvalue weighted by atomic mass is 32.1. The SMILES string of the molecule is Cc1ccsc1C(CN)N1CCC2CCCCC2C1. The lowest BCUT2D eigenvalue weighted by Crippen LogP contribution is -2.45. The maximum Gasteiger partial charge on any atom is 0.0567 e. The van der Waals surface area contributed by atoms with Crippen molar-refractivity contribution in [2.75, 3.05) is 19.6 Å². The summed E-state index contributed by atoms with van der Waals surface area (Å²) in [5, 5.41) is 2.21. The molecule has 0 amide bonds. The first-order valence-corrected chi connectivity index (χ1v) is 8.65. The van der Waals surface area contributed by atoms with E-state index in [0.717, 1.165) is 18.4 Å². The molecule has 1 aliphatic heterocycles. The molecule has 3 rings (SSSR count). The summed E-state index contributed by atoms with van der Waals surface area (Å²) >= 11 is 1.88. The molecule has 106 valence electrons. The highest BCUT2D eigenvalue weighted by Crippen LogP contribution is 2.39. The molecular weight excluding hydrogens is 252 g/mol. The highest BCUT2D eigenvalue weighted by Gasteiger charge is 2.34. The molecule has 0 spiro atoms. The van der Waals surface area contributed by atoms with Crippen molar-refractivity contribution in [3.63, 3.8) is 0 Å². The molecule has 1 aromatic rings. The fraction of sp³-hybridized carbons (Fsp3) is 0.750. The fourth-order valence-electron chi connectivity index (χ4n) is 4.06. The van der Waals surface area contributed by atoms with E-state index in [0.29, 0.717) is 6.04 Å². The van der Waals surface area contributed by atoms with Crippen LogP contribution < -0.4 is 5.73 Å². The van der Waals surface area contributed by atoms with Crippen LogP contribution in [0.2, 0.25) is 0 Å². The lowest BCUT2D eigenvalue weighted by atomic mass is 9.75. The van der Waals surface area contributed by atoms with Gasteiger partial charge in [0, 0.05) is 18.0 Å². The van der Waals surface area contributed by atoms with Gasteiger partial charge in [0.1, 0.15) is 0 Å². The largest absolute Gasteiger partial charge is 0.329 e. The van der Waals surface area contributed by atoms with Gasteiger partial charge in [0.15, 0.2) is 0 Å². The fourth-order valence-corrected chi connectivity index (χ4v) is 5.13. The standard InChI is InChI=1S/C16H26N2S/c1-12-7-9-19-16(12)15(10-17)18-8-6-13-4-2-3-5-14(13)11-18/h7,9,13-15H,2-6,8,10-11,17H2,1H3. The molecule has 1 aliphatic carbocycles. The second-order valence-corrected chi connectivity index (χ2v) is 7.26. The summed E-state index contributed by atoms with van der Waals surface area (Å²) in [5.74, 6) is 1.95. The van der Waals surface area contributed by atoms with Crippen LogP contribution in [0.15, 0.2) is 11.4 Å². The number of piperidine rings is 1. The highest BCUT2D eigenvalue weighted by molar-refractivity contribution is 7.10. The lowest BCUT2D eigenvalue weighted by molar-refractivity contribution is 0.0595. The van der Waals surface area contributed by atoms with E-state index >= 15 is 0 Å². The third kappa shape index (κ3) is 2.74. The summed E-state index contributed by atoms with van der Waals surface area (Å²) in [6.45, 7) is 5.52. The smallest absolute Gasteiger partial charge is 0.0567 e. The molecule has 1 aromatic heterocycles. The van der Waals surface area contributed by atoms with Gasteiger partial charge in [-0.3, -0.25) is 4.90 Å². The number of nitrogens with zero attached hydrogens (tertiary/aromatic N) is 1. The van der Waals surface area contributed by atoms with Crippen LogP contribution in [0.25, 0.3) is 0 Å². The molecule has 0 aromatic carbocycles. The summed E-state index contributed by atoms with van der Waals surface area (Å²) in [7, 11) is 0. The van der Waals surface area contributed by atoms with Gasteiger partial charge < -0.3 is 5.73 Å². The minimum Gasteiger partial charge on any atom is -0.329 e. The van der Waals surface area contributed by atoms with Crippen LogP contribution in [0, 0.1) is 18.8 Å². The zero-order valence-electron chi connectivity index (χ0n) is 12.0. The Labute approximate surface area is 121 Å². The van der Waals surface area contributed by atoms with E-state index in [4.69, 9.17) is 5.73 Å². The van der Waals surface area contributed by atoms with E-state index < -0.39 is 0 Å². The molecule has 3 unspecified atom stereocenters. The maximum absolute atomic E-state index is 6.10. The van der Waals surface area contributed by atoms with Crippen LogP contribution in [-0.2, 0) is 0 Å². The minimum atomic E-state index is 0.461. The summed E-state index contributed by atoms with van der Waals surface area (Å²) in [5.41, 5.74) is 7.52. The van der Waals surface area contributed by atoms with Gasteiger partial charge >= 0.3 is 0 Å². The van der Waals surface area contributed by atoms with Crippen molar-refractivity contribution in [3.05, 3.63) is 21.9 Å². The molecular formula is C16H26N2S. The van der Waals surface area contributed by atoms with Gasteiger partial charge in [0.25, 0.3) is 0 Å². The van der Waals surface area contributed by atoms with Crippen molar-refractivity contribution in [2.45, 2.75) is 45.1 Å². The molecule has 2 aliphatic rings. The maximum atomic E-state index is 6.10. The summed E-state index contributed by atoms with van der Waals surface area (Å²) in [4.78, 5) is 4.17. The number of nitrogens with two attached hydrogens (primary N) is 1. The third-order valence-corrected chi connectivity index (χ3v) is 6.31. The first-order valence-electron chi connectivity index (χ1n) is 7.77. The average Bonchev–Trinajstić information content (AvgIpc) is 2.86. The van der Waals surface area contributed by atoms with E-state index in [1.165, 1.54) is 55.6 Å². The monoisotopic (exact) mass is 278 g/mol. The van der Waals surface area contributed by atoms with Crippen LogP contribution in [0.1, 0.15) is 48.6 Å². The van der Waals surface area contributed by atoms with Crippen molar-refractivity contribution in [1.29, 1.82) is 0 Å². The Balaban J connectivity index is 1.72. The average molecular weight is 278 g/mol. The molecule has 0 radical (unpaired) electrons. The van der Waals surface area contributed by atoms with Gasteiger partial charge in [-0.05, 0) is 55.2 Å². The first kappa shape index (κ1) is 13.6. The van der Waals surface area contributed by atoms with Crippen LogP contribution in [-0.4, -0.2) is 24.5 Å². The molecule has 1 saturated heterocycles. The normalized spacial score (nSPS) is 30.0. The van der Waals surface area contributed by atoms with Crippen molar-refractivity contribution in [3.8, 4) is 0 Å². The van der Waals surface area contributed by atoms with Gasteiger partial charge in [0.2, 0.25) is 0 Å². The second-order valence-electron chi connectivity index (χ2n) is 6.31. The predicted molar refractivity (Wildman–Crippen MR) is 82.5 cm³/mol. The zero-order valence-corrected chi connectivity index (χ0v) is 12.8. The first-order chi connectivity index (χ1) is 9.29. The number of rotatable bonds is 3. The second kappa shape index (κ2) is 5.94. The van der Waals surface area contributed by atoms with Gasteiger partial charge in [-0.25, -0.2) is 0 Å². The summed E-state index contributed by atoms with van der Waals surface area (Å²) < 4.78 is 0. The lowest BCUT2D eigenvalue weighted by Gasteiger charge is -2.44. The molecule has 2 fully saturated rings. The summed E-state index contributed by atoms with van der Waals surface area (Å²) in [6, 6.07) is 2.69. The zero-order chi connectivity index (χ0) is 13.2. The van der Waals surface area contributed by atoms with Gasteiger partial charge in [0.05, 0.1) is 6.04 Å². The Morgan fingerprint density at radius 2 is 2.11 bits per heavy atom. The molecule has 2 heterocycles. The number of likely N-dealkylation sites (tertiary alicyclic amines) is 1. The van der Waals surface area contributed by atoms with Crippen molar-refractivity contribution >= 4 is 11.3 Å². The molecule has 3 atom stereocenters. The van der Waals surface area contributed by atoms with E-state index in [1.54, 1.807) is 0 Å². The van der Waals surface area contributed by atoms with Crippen LogP contribution in [0.4, 0.5) is 0 Å². The number of fused-ring (bicyclic) bond motifs is 1. The number of thiophene rings is 1. The van der Waals surface area contributed by atoms with E-state index in [9.17, 15) is 0 Å².